The van der Waals surface area contributed by atoms with E-state index < -0.39 is 15.6 Å². The van der Waals surface area contributed by atoms with Crippen LogP contribution in [0.5, 0.6) is 0 Å². The van der Waals surface area contributed by atoms with Crippen molar-refractivity contribution in [3.05, 3.63) is 85.2 Å². The first-order chi connectivity index (χ1) is 12.7. The maximum atomic E-state index is 12.4. The maximum Gasteiger partial charge on any atom is 0.264 e. The van der Waals surface area contributed by atoms with Gasteiger partial charge >= 0.3 is 0 Å². The third kappa shape index (κ3) is 4.77. The smallest absolute Gasteiger partial charge is 0.264 e. The van der Waals surface area contributed by atoms with Gasteiger partial charge in [-0.2, -0.15) is 0 Å². The highest BCUT2D eigenvalue weighted by molar-refractivity contribution is 9.10. The number of nitrogens with zero attached hydrogens (tertiary/aromatic N) is 1. The van der Waals surface area contributed by atoms with E-state index in [0.29, 0.717) is 22.7 Å². The number of hydrogen-bond donors (Lipinski definition) is 2. The van der Waals surface area contributed by atoms with E-state index >= 15 is 0 Å². The summed E-state index contributed by atoms with van der Waals surface area (Å²) in [6.45, 7) is 1.66. The van der Waals surface area contributed by atoms with E-state index in [1.54, 1.807) is 31.2 Å². The number of aromatic nitrogens is 2. The highest BCUT2D eigenvalue weighted by Gasteiger charge is 2.17. The van der Waals surface area contributed by atoms with E-state index in [4.69, 9.17) is 11.6 Å². The van der Waals surface area contributed by atoms with Gasteiger partial charge in [-0.25, -0.2) is 18.1 Å². The lowest BCUT2D eigenvalue weighted by molar-refractivity contribution is 0.600. The van der Waals surface area contributed by atoms with Crippen LogP contribution in [0.2, 0.25) is 5.02 Å². The Labute approximate surface area is 169 Å². The molecule has 1 aromatic heterocycles. The molecule has 0 saturated heterocycles. The van der Waals surface area contributed by atoms with Crippen molar-refractivity contribution in [2.75, 3.05) is 4.72 Å². The summed E-state index contributed by atoms with van der Waals surface area (Å²) in [5.74, 6) is -0.125. The van der Waals surface area contributed by atoms with E-state index in [-0.39, 0.29) is 10.8 Å². The lowest BCUT2D eigenvalue weighted by atomic mass is 10.1. The number of nitrogens with one attached hydrogen (secondary N) is 2. The summed E-state index contributed by atoms with van der Waals surface area (Å²) >= 11 is 9.13. The van der Waals surface area contributed by atoms with Gasteiger partial charge in [0, 0.05) is 21.5 Å². The van der Waals surface area contributed by atoms with Gasteiger partial charge in [0.1, 0.15) is 0 Å². The van der Waals surface area contributed by atoms with E-state index in [0.717, 1.165) is 10.0 Å². The standard InChI is InChI=1S/C18H15BrClN3O3S/c1-11-16(10-12-2-6-14(20)7-3-12)17(24)22-18(21-11)23-27(25,26)15-8-4-13(19)5-9-15/h2-9H,10H2,1H3,(H2,21,22,23,24). The summed E-state index contributed by atoms with van der Waals surface area (Å²) in [4.78, 5) is 19.2. The molecule has 0 radical (unpaired) electrons. The number of hydrogen-bond acceptors (Lipinski definition) is 4. The quantitative estimate of drug-likeness (QED) is 0.594. The second kappa shape index (κ2) is 7.84. The van der Waals surface area contributed by atoms with Gasteiger partial charge in [-0.15, -0.1) is 0 Å². The Kier molecular flexibility index (Phi) is 5.69. The fourth-order valence-corrected chi connectivity index (χ4v) is 3.83. The van der Waals surface area contributed by atoms with Crippen molar-refractivity contribution in [1.29, 1.82) is 0 Å². The Hall–Kier alpha value is -2.16. The number of sulfonamides is 1. The predicted octanol–water partition coefficient (Wildman–Crippen LogP) is 3.89. The summed E-state index contributed by atoms with van der Waals surface area (Å²) < 4.78 is 28.0. The summed E-state index contributed by atoms with van der Waals surface area (Å²) in [6.07, 6.45) is 0.366. The van der Waals surface area contributed by atoms with E-state index in [9.17, 15) is 13.2 Å². The lowest BCUT2D eigenvalue weighted by Crippen LogP contribution is -2.22. The van der Waals surface area contributed by atoms with Crippen molar-refractivity contribution in [3.8, 4) is 0 Å². The first kappa shape index (κ1) is 19.6. The van der Waals surface area contributed by atoms with Crippen LogP contribution < -0.4 is 10.3 Å². The third-order valence-electron chi connectivity index (χ3n) is 3.87. The molecular formula is C18H15BrClN3O3S. The van der Waals surface area contributed by atoms with Gasteiger partial charge in [0.05, 0.1) is 10.6 Å². The van der Waals surface area contributed by atoms with Gasteiger partial charge in [-0.1, -0.05) is 39.7 Å². The van der Waals surface area contributed by atoms with Crippen LogP contribution in [-0.4, -0.2) is 18.4 Å². The zero-order valence-electron chi connectivity index (χ0n) is 14.2. The monoisotopic (exact) mass is 467 g/mol. The average Bonchev–Trinajstić information content (AvgIpc) is 2.60. The SMILES string of the molecule is Cc1nc(NS(=O)(=O)c2ccc(Br)cc2)[nH]c(=O)c1Cc1ccc(Cl)cc1. The van der Waals surface area contributed by atoms with Crippen LogP contribution in [0, 0.1) is 6.92 Å². The molecule has 3 aromatic rings. The number of aryl methyl sites for hydroxylation is 1. The summed E-state index contributed by atoms with van der Waals surface area (Å²) in [6, 6.07) is 13.3. The highest BCUT2D eigenvalue weighted by Crippen LogP contribution is 2.18. The Bertz CT molecular complexity index is 1130. The second-order valence-corrected chi connectivity index (χ2v) is 8.88. The molecule has 0 amide bonds. The van der Waals surface area contributed by atoms with Crippen molar-refractivity contribution in [3.63, 3.8) is 0 Å². The largest absolute Gasteiger partial charge is 0.292 e. The second-order valence-electron chi connectivity index (χ2n) is 5.84. The molecule has 2 aromatic carbocycles. The summed E-state index contributed by atoms with van der Waals surface area (Å²) in [5, 5.41) is 0.611. The fraction of sp³-hybridized carbons (Fsp3) is 0.111. The molecule has 140 valence electrons. The zero-order valence-corrected chi connectivity index (χ0v) is 17.3. The van der Waals surface area contributed by atoms with Crippen molar-refractivity contribution in [2.24, 2.45) is 0 Å². The highest BCUT2D eigenvalue weighted by atomic mass is 79.9. The molecule has 0 aliphatic carbocycles. The fourth-order valence-electron chi connectivity index (χ4n) is 2.47. The minimum atomic E-state index is -3.86. The minimum Gasteiger partial charge on any atom is -0.292 e. The van der Waals surface area contributed by atoms with E-state index in [1.807, 2.05) is 12.1 Å². The molecule has 27 heavy (non-hydrogen) atoms. The number of benzene rings is 2. The van der Waals surface area contributed by atoms with Gasteiger partial charge < -0.3 is 0 Å². The molecule has 0 bridgehead atoms. The lowest BCUT2D eigenvalue weighted by Gasteiger charge is -2.10. The van der Waals surface area contributed by atoms with E-state index in [1.165, 1.54) is 12.1 Å². The number of anilines is 1. The first-order valence-electron chi connectivity index (χ1n) is 7.87. The van der Waals surface area contributed by atoms with Gasteiger partial charge in [0.25, 0.3) is 15.6 Å². The Morgan fingerprint density at radius 1 is 1.11 bits per heavy atom. The molecule has 0 unspecified atom stereocenters. The van der Waals surface area contributed by atoms with E-state index in [2.05, 4.69) is 30.6 Å². The molecule has 0 fully saturated rings. The molecule has 6 nitrogen and oxygen atoms in total. The predicted molar refractivity (Wildman–Crippen MR) is 109 cm³/mol. The Morgan fingerprint density at radius 2 is 1.74 bits per heavy atom. The molecule has 0 aliphatic heterocycles. The van der Waals surface area contributed by atoms with Gasteiger partial charge in [-0.3, -0.25) is 9.78 Å². The molecule has 0 atom stereocenters. The molecular weight excluding hydrogens is 454 g/mol. The molecule has 0 saturated carbocycles. The summed E-state index contributed by atoms with van der Waals surface area (Å²) in [5.41, 5.74) is 1.41. The van der Waals surface area contributed by atoms with Crippen molar-refractivity contribution >= 4 is 43.5 Å². The van der Waals surface area contributed by atoms with Crippen molar-refractivity contribution < 1.29 is 8.42 Å². The number of aromatic amines is 1. The first-order valence-corrected chi connectivity index (χ1v) is 10.5. The molecule has 0 spiro atoms. The van der Waals surface area contributed by atoms with Crippen molar-refractivity contribution in [1.82, 2.24) is 9.97 Å². The van der Waals surface area contributed by atoms with Crippen LogP contribution in [0.4, 0.5) is 5.95 Å². The van der Waals surface area contributed by atoms with Gasteiger partial charge in [0.2, 0.25) is 5.95 Å². The molecule has 0 aliphatic rings. The Morgan fingerprint density at radius 3 is 2.33 bits per heavy atom. The normalized spacial score (nSPS) is 11.4. The van der Waals surface area contributed by atoms with Crippen molar-refractivity contribution in [2.45, 2.75) is 18.2 Å². The summed E-state index contributed by atoms with van der Waals surface area (Å²) in [7, 11) is -3.86. The number of rotatable bonds is 5. The van der Waals surface area contributed by atoms with Crippen LogP contribution in [0.3, 0.4) is 0 Å². The van der Waals surface area contributed by atoms with Gasteiger partial charge in [-0.05, 0) is 48.9 Å². The molecule has 2 N–H and O–H groups in total. The maximum absolute atomic E-state index is 12.4. The molecule has 3 rings (SSSR count). The van der Waals surface area contributed by atoms with Crippen LogP contribution >= 0.6 is 27.5 Å². The third-order valence-corrected chi connectivity index (χ3v) is 6.01. The topological polar surface area (TPSA) is 91.9 Å². The Balaban J connectivity index is 1.87. The van der Waals surface area contributed by atoms with Crippen LogP contribution in [0.1, 0.15) is 16.8 Å². The molecule has 9 heteroatoms. The average molecular weight is 469 g/mol. The minimum absolute atomic E-state index is 0.0660. The zero-order chi connectivity index (χ0) is 19.6. The number of H-pyrrole nitrogens is 1. The van der Waals surface area contributed by atoms with Crippen LogP contribution in [-0.2, 0) is 16.4 Å². The molecule has 1 heterocycles. The van der Waals surface area contributed by atoms with Gasteiger partial charge in [0.15, 0.2) is 0 Å². The van der Waals surface area contributed by atoms with Crippen LogP contribution in [0.15, 0.2) is 62.7 Å². The van der Waals surface area contributed by atoms with Crippen LogP contribution in [0.25, 0.3) is 0 Å². The number of halogens is 2.